The molecule has 0 aliphatic carbocycles. The van der Waals surface area contributed by atoms with Crippen molar-refractivity contribution in [3.8, 4) is 5.75 Å². The van der Waals surface area contributed by atoms with Crippen LogP contribution in [-0.4, -0.2) is 37.5 Å². The van der Waals surface area contributed by atoms with E-state index in [4.69, 9.17) is 16.3 Å². The van der Waals surface area contributed by atoms with Gasteiger partial charge in [-0.25, -0.2) is 22.2 Å². The van der Waals surface area contributed by atoms with E-state index in [1.54, 1.807) is 12.1 Å². The number of nitrogens with one attached hydrogen (secondary N) is 2. The molecule has 1 fully saturated rings. The Morgan fingerprint density at radius 2 is 1.97 bits per heavy atom. The van der Waals surface area contributed by atoms with Crippen molar-refractivity contribution in [2.24, 2.45) is 5.92 Å². The molecule has 4 rings (SSSR count). The predicted molar refractivity (Wildman–Crippen MR) is 113 cm³/mol. The normalized spacial score (nSPS) is 18.8. The molecular formula is C19H17ClF2N4O3S2. The summed E-state index contributed by atoms with van der Waals surface area (Å²) in [6, 6.07) is 8.80. The summed E-state index contributed by atoms with van der Waals surface area (Å²) >= 11 is 6.72. The topological polar surface area (TPSA) is 93.2 Å². The van der Waals surface area contributed by atoms with Crippen molar-refractivity contribution in [1.29, 1.82) is 0 Å². The van der Waals surface area contributed by atoms with Gasteiger partial charge in [-0.2, -0.15) is 4.37 Å². The zero-order valence-electron chi connectivity index (χ0n) is 15.9. The third kappa shape index (κ3) is 4.95. The molecule has 2 N–H and O–H groups in total. The zero-order valence-corrected chi connectivity index (χ0v) is 18.3. The predicted octanol–water partition coefficient (Wildman–Crippen LogP) is 3.65. The van der Waals surface area contributed by atoms with E-state index in [1.165, 1.54) is 0 Å². The monoisotopic (exact) mass is 486 g/mol. The van der Waals surface area contributed by atoms with Crippen molar-refractivity contribution < 1.29 is 21.9 Å². The average molecular weight is 487 g/mol. The van der Waals surface area contributed by atoms with Crippen LogP contribution in [0.2, 0.25) is 5.02 Å². The number of benzene rings is 2. The van der Waals surface area contributed by atoms with Gasteiger partial charge in [-0.05, 0) is 17.7 Å². The third-order valence-corrected chi connectivity index (χ3v) is 7.27. The van der Waals surface area contributed by atoms with Gasteiger partial charge in [0, 0.05) is 53.6 Å². The molecule has 0 radical (unpaired) electrons. The molecule has 2 aromatic carbocycles. The number of nitrogens with zero attached hydrogens (tertiary/aromatic N) is 2. The first kappa shape index (κ1) is 21.9. The number of sulfonamides is 1. The number of rotatable bonds is 7. The molecule has 31 heavy (non-hydrogen) atoms. The molecule has 0 bridgehead atoms. The Labute approximate surface area is 186 Å². The fourth-order valence-corrected chi connectivity index (χ4v) is 5.28. The smallest absolute Gasteiger partial charge is 0.266 e. The maximum Gasteiger partial charge on any atom is 0.266 e. The molecule has 0 unspecified atom stereocenters. The van der Waals surface area contributed by atoms with Crippen LogP contribution in [-0.2, 0) is 10.0 Å². The van der Waals surface area contributed by atoms with Gasteiger partial charge in [-0.1, -0.05) is 23.7 Å². The van der Waals surface area contributed by atoms with Crippen LogP contribution in [0.5, 0.6) is 5.75 Å². The van der Waals surface area contributed by atoms with Crippen molar-refractivity contribution in [1.82, 2.24) is 14.7 Å². The Morgan fingerprint density at radius 3 is 2.68 bits per heavy atom. The maximum absolute atomic E-state index is 14.5. The molecule has 7 nitrogen and oxygen atoms in total. The highest BCUT2D eigenvalue weighted by atomic mass is 35.5. The van der Waals surface area contributed by atoms with Crippen molar-refractivity contribution in [2.75, 3.05) is 24.4 Å². The summed E-state index contributed by atoms with van der Waals surface area (Å²) in [5.41, 5.74) is 1.07. The third-order valence-electron chi connectivity index (χ3n) is 4.95. The van der Waals surface area contributed by atoms with Crippen LogP contribution in [0, 0.1) is 17.6 Å². The highest BCUT2D eigenvalue weighted by molar-refractivity contribution is 7.93. The summed E-state index contributed by atoms with van der Waals surface area (Å²) in [7, 11) is -4.37. The molecular weight excluding hydrogens is 470 g/mol. The maximum atomic E-state index is 14.5. The molecule has 1 saturated heterocycles. The van der Waals surface area contributed by atoms with Crippen LogP contribution in [0.4, 0.5) is 13.9 Å². The molecule has 12 heteroatoms. The minimum absolute atomic E-state index is 0.0196. The van der Waals surface area contributed by atoms with E-state index < -0.39 is 26.6 Å². The molecule has 2 heterocycles. The van der Waals surface area contributed by atoms with E-state index in [0.717, 1.165) is 36.0 Å². The molecule has 1 aromatic heterocycles. The van der Waals surface area contributed by atoms with Gasteiger partial charge >= 0.3 is 0 Å². The molecule has 0 saturated carbocycles. The second-order valence-corrected chi connectivity index (χ2v) is 9.82. The largest absolute Gasteiger partial charge is 0.490 e. The molecule has 164 valence electrons. The molecule has 1 aliphatic heterocycles. The van der Waals surface area contributed by atoms with Crippen LogP contribution >= 0.6 is 23.1 Å². The molecule has 2 atom stereocenters. The Morgan fingerprint density at radius 1 is 1.19 bits per heavy atom. The molecule has 0 spiro atoms. The SMILES string of the molecule is O=S(=O)(Nc1ncns1)c1cc(F)c(OC[C@H]2CNC[C@@H]2c2ccc(Cl)cc2)cc1F. The quantitative estimate of drug-likeness (QED) is 0.529. The Hall–Kier alpha value is -2.34. The van der Waals surface area contributed by atoms with E-state index in [-0.39, 0.29) is 29.3 Å². The first-order chi connectivity index (χ1) is 14.8. The number of hydrogen-bond donors (Lipinski definition) is 2. The molecule has 3 aromatic rings. The summed E-state index contributed by atoms with van der Waals surface area (Å²) in [6.07, 6.45) is 1.14. The number of anilines is 1. The number of halogens is 3. The van der Waals surface area contributed by atoms with Crippen molar-refractivity contribution in [3.05, 3.63) is 64.9 Å². The summed E-state index contributed by atoms with van der Waals surface area (Å²) in [5, 5.41) is 3.85. The van der Waals surface area contributed by atoms with Gasteiger partial charge in [0.15, 0.2) is 11.6 Å². The van der Waals surface area contributed by atoms with E-state index in [1.807, 2.05) is 12.1 Å². The summed E-state index contributed by atoms with van der Waals surface area (Å²) < 4.78 is 65.0. The van der Waals surface area contributed by atoms with Gasteiger partial charge in [-0.15, -0.1) is 0 Å². The highest BCUT2D eigenvalue weighted by Crippen LogP contribution is 2.31. The zero-order chi connectivity index (χ0) is 22.0. The second kappa shape index (κ2) is 9.03. The van der Waals surface area contributed by atoms with Crippen molar-refractivity contribution in [2.45, 2.75) is 10.8 Å². The average Bonchev–Trinajstić information content (AvgIpc) is 3.40. The summed E-state index contributed by atoms with van der Waals surface area (Å²) in [5.74, 6) is -2.32. The van der Waals surface area contributed by atoms with Gasteiger partial charge in [-0.3, -0.25) is 4.72 Å². The van der Waals surface area contributed by atoms with Gasteiger partial charge in [0.2, 0.25) is 5.13 Å². The van der Waals surface area contributed by atoms with Crippen LogP contribution in [0.15, 0.2) is 47.6 Å². The lowest BCUT2D eigenvalue weighted by Gasteiger charge is -2.20. The van der Waals surface area contributed by atoms with E-state index >= 15 is 0 Å². The fourth-order valence-electron chi connectivity index (χ4n) is 3.42. The van der Waals surface area contributed by atoms with Gasteiger partial charge in [0.25, 0.3) is 10.0 Å². The van der Waals surface area contributed by atoms with Crippen molar-refractivity contribution in [3.63, 3.8) is 0 Å². The van der Waals surface area contributed by atoms with E-state index in [9.17, 15) is 17.2 Å². The Balaban J connectivity index is 1.48. The standard InChI is InChI=1S/C19H17ClF2N4O3S2/c20-13-3-1-11(2-4-13)14-8-23-7-12(14)9-29-17-5-16(22)18(6-15(17)21)31(27,28)26-19-24-10-25-30-19/h1-6,10,12,14,23H,7-9H2,(H,24,25,26)/t12-,14-/m1/s1. The highest BCUT2D eigenvalue weighted by Gasteiger charge is 2.30. The first-order valence-electron chi connectivity index (χ1n) is 9.21. The van der Waals surface area contributed by atoms with Gasteiger partial charge < -0.3 is 10.1 Å². The van der Waals surface area contributed by atoms with Crippen LogP contribution in [0.1, 0.15) is 11.5 Å². The summed E-state index contributed by atoms with van der Waals surface area (Å²) in [4.78, 5) is 2.83. The molecule has 1 aliphatic rings. The minimum Gasteiger partial charge on any atom is -0.490 e. The van der Waals surface area contributed by atoms with Crippen LogP contribution < -0.4 is 14.8 Å². The van der Waals surface area contributed by atoms with Crippen molar-refractivity contribution >= 4 is 38.3 Å². The Bertz CT molecular complexity index is 1160. The lowest BCUT2D eigenvalue weighted by Crippen LogP contribution is -2.20. The number of aromatic nitrogens is 2. The Kier molecular flexibility index (Phi) is 6.37. The lowest BCUT2D eigenvalue weighted by molar-refractivity contribution is 0.237. The first-order valence-corrected chi connectivity index (χ1v) is 11.8. The van der Waals surface area contributed by atoms with E-state index in [0.29, 0.717) is 17.6 Å². The second-order valence-electron chi connectivity index (χ2n) is 6.95. The summed E-state index contributed by atoms with van der Waals surface area (Å²) in [6.45, 7) is 1.50. The van der Waals surface area contributed by atoms with Crippen LogP contribution in [0.3, 0.4) is 0 Å². The fraction of sp³-hybridized carbons (Fsp3) is 0.263. The van der Waals surface area contributed by atoms with Crippen LogP contribution in [0.25, 0.3) is 0 Å². The van der Waals surface area contributed by atoms with E-state index in [2.05, 4.69) is 19.4 Å². The van der Waals surface area contributed by atoms with Gasteiger partial charge in [0.05, 0.1) is 6.61 Å². The number of hydrogen-bond acceptors (Lipinski definition) is 7. The lowest BCUT2D eigenvalue weighted by atomic mass is 9.89. The van der Waals surface area contributed by atoms with Gasteiger partial charge in [0.1, 0.15) is 17.0 Å². The molecule has 0 amide bonds. The minimum atomic E-state index is -4.37. The number of ether oxygens (including phenoxy) is 1.